The Kier molecular flexibility index (Phi) is 4.56. The first-order valence-electron chi connectivity index (χ1n) is 6.70. The lowest BCUT2D eigenvalue weighted by Gasteiger charge is -2.25. The molecule has 18 heavy (non-hydrogen) atoms. The number of likely N-dealkylation sites (tertiary alicyclic amines) is 1. The van der Waals surface area contributed by atoms with Crippen molar-refractivity contribution in [2.24, 2.45) is 0 Å². The molecule has 0 bridgehead atoms. The van der Waals surface area contributed by atoms with E-state index in [-0.39, 0.29) is 5.91 Å². The summed E-state index contributed by atoms with van der Waals surface area (Å²) in [6.45, 7) is 1.59. The van der Waals surface area contributed by atoms with E-state index in [1.54, 1.807) is 6.20 Å². The second-order valence-electron chi connectivity index (χ2n) is 4.78. The van der Waals surface area contributed by atoms with Gasteiger partial charge in [-0.1, -0.05) is 12.8 Å². The first-order chi connectivity index (χ1) is 8.79. The number of carbonyl (C=O) groups excluding carboxylic acids is 1. The standard InChI is InChI=1S/C14H21N3O/c1-15-13-10-12(7-8-16-13)11-17-9-5-3-2-4-6-14(17)18/h7-8,10H,2-6,9,11H2,1H3,(H,15,16). The zero-order valence-corrected chi connectivity index (χ0v) is 11.0. The Morgan fingerprint density at radius 3 is 3.00 bits per heavy atom. The summed E-state index contributed by atoms with van der Waals surface area (Å²) < 4.78 is 0. The monoisotopic (exact) mass is 247 g/mol. The number of aromatic nitrogens is 1. The number of hydrogen-bond donors (Lipinski definition) is 1. The molecule has 0 unspecified atom stereocenters. The van der Waals surface area contributed by atoms with Gasteiger partial charge in [0.1, 0.15) is 5.82 Å². The first kappa shape index (κ1) is 12.9. The Hall–Kier alpha value is -1.58. The van der Waals surface area contributed by atoms with Gasteiger partial charge in [-0.25, -0.2) is 4.98 Å². The highest BCUT2D eigenvalue weighted by Gasteiger charge is 2.15. The van der Waals surface area contributed by atoms with Crippen LogP contribution in [0.5, 0.6) is 0 Å². The van der Waals surface area contributed by atoms with Crippen molar-refractivity contribution in [1.82, 2.24) is 9.88 Å². The van der Waals surface area contributed by atoms with Crippen LogP contribution in [0.1, 0.15) is 37.7 Å². The minimum Gasteiger partial charge on any atom is -0.373 e. The van der Waals surface area contributed by atoms with Crippen LogP contribution in [0.15, 0.2) is 18.3 Å². The van der Waals surface area contributed by atoms with Gasteiger partial charge in [-0.3, -0.25) is 4.79 Å². The van der Waals surface area contributed by atoms with Gasteiger partial charge in [0.25, 0.3) is 0 Å². The van der Waals surface area contributed by atoms with Crippen LogP contribution in [-0.2, 0) is 11.3 Å². The Morgan fingerprint density at radius 2 is 2.17 bits per heavy atom. The van der Waals surface area contributed by atoms with E-state index in [1.807, 2.05) is 24.1 Å². The lowest BCUT2D eigenvalue weighted by atomic mass is 10.1. The van der Waals surface area contributed by atoms with Gasteiger partial charge >= 0.3 is 0 Å². The van der Waals surface area contributed by atoms with E-state index in [2.05, 4.69) is 10.3 Å². The average Bonchev–Trinajstić information content (AvgIpc) is 2.39. The molecule has 4 heteroatoms. The maximum atomic E-state index is 12.0. The van der Waals surface area contributed by atoms with E-state index >= 15 is 0 Å². The van der Waals surface area contributed by atoms with E-state index in [0.29, 0.717) is 13.0 Å². The highest BCUT2D eigenvalue weighted by Crippen LogP contribution is 2.15. The number of carbonyl (C=O) groups is 1. The van der Waals surface area contributed by atoms with E-state index < -0.39 is 0 Å². The Bertz CT molecular complexity index is 406. The molecule has 2 heterocycles. The van der Waals surface area contributed by atoms with Gasteiger partial charge < -0.3 is 10.2 Å². The summed E-state index contributed by atoms with van der Waals surface area (Å²) in [5.74, 6) is 1.14. The molecule has 0 saturated carbocycles. The fraction of sp³-hybridized carbons (Fsp3) is 0.571. The molecule has 1 aromatic rings. The lowest BCUT2D eigenvalue weighted by Crippen LogP contribution is -2.32. The maximum Gasteiger partial charge on any atom is 0.222 e. The van der Waals surface area contributed by atoms with Crippen molar-refractivity contribution in [2.45, 2.75) is 38.6 Å². The predicted octanol–water partition coefficient (Wildman–Crippen LogP) is 2.42. The third-order valence-corrected chi connectivity index (χ3v) is 3.38. The van der Waals surface area contributed by atoms with Gasteiger partial charge in [-0.2, -0.15) is 0 Å². The van der Waals surface area contributed by atoms with Crippen molar-refractivity contribution in [3.8, 4) is 0 Å². The number of hydrogen-bond acceptors (Lipinski definition) is 3. The van der Waals surface area contributed by atoms with Crippen molar-refractivity contribution in [2.75, 3.05) is 18.9 Å². The summed E-state index contributed by atoms with van der Waals surface area (Å²) in [5.41, 5.74) is 1.14. The first-order valence-corrected chi connectivity index (χ1v) is 6.70. The Labute approximate surface area is 108 Å². The van der Waals surface area contributed by atoms with Gasteiger partial charge in [0, 0.05) is 32.8 Å². The van der Waals surface area contributed by atoms with E-state index in [9.17, 15) is 4.79 Å². The van der Waals surface area contributed by atoms with Crippen LogP contribution in [0.2, 0.25) is 0 Å². The zero-order valence-electron chi connectivity index (χ0n) is 11.0. The number of nitrogens with one attached hydrogen (secondary N) is 1. The van der Waals surface area contributed by atoms with Crippen LogP contribution in [0, 0.1) is 0 Å². The van der Waals surface area contributed by atoms with Gasteiger partial charge in [-0.05, 0) is 30.5 Å². The summed E-state index contributed by atoms with van der Waals surface area (Å²) >= 11 is 0. The summed E-state index contributed by atoms with van der Waals surface area (Å²) in [6.07, 6.45) is 7.07. The third-order valence-electron chi connectivity index (χ3n) is 3.38. The van der Waals surface area contributed by atoms with Crippen LogP contribution < -0.4 is 5.32 Å². The smallest absolute Gasteiger partial charge is 0.222 e. The van der Waals surface area contributed by atoms with E-state index in [0.717, 1.165) is 30.8 Å². The molecule has 1 fully saturated rings. The molecular weight excluding hydrogens is 226 g/mol. The number of nitrogens with zero attached hydrogens (tertiary/aromatic N) is 2. The van der Waals surface area contributed by atoms with Crippen LogP contribution in [-0.4, -0.2) is 29.4 Å². The summed E-state index contributed by atoms with van der Waals surface area (Å²) in [6, 6.07) is 3.99. The Balaban J connectivity index is 2.03. The molecular formula is C14H21N3O. The molecule has 1 aromatic heterocycles. The van der Waals surface area contributed by atoms with Crippen molar-refractivity contribution >= 4 is 11.7 Å². The fourth-order valence-corrected chi connectivity index (χ4v) is 2.31. The normalized spacial score (nSPS) is 17.2. The zero-order chi connectivity index (χ0) is 12.8. The van der Waals surface area contributed by atoms with Crippen LogP contribution in [0.25, 0.3) is 0 Å². The Morgan fingerprint density at radius 1 is 1.33 bits per heavy atom. The summed E-state index contributed by atoms with van der Waals surface area (Å²) in [4.78, 5) is 18.2. The number of amides is 1. The fourth-order valence-electron chi connectivity index (χ4n) is 2.31. The predicted molar refractivity (Wildman–Crippen MR) is 72.3 cm³/mol. The van der Waals surface area contributed by atoms with Crippen LogP contribution in [0.4, 0.5) is 5.82 Å². The number of pyridine rings is 1. The molecule has 1 saturated heterocycles. The molecule has 1 amide bonds. The topological polar surface area (TPSA) is 45.2 Å². The van der Waals surface area contributed by atoms with Crippen LogP contribution in [0.3, 0.4) is 0 Å². The largest absolute Gasteiger partial charge is 0.373 e. The molecule has 98 valence electrons. The molecule has 1 aliphatic rings. The maximum absolute atomic E-state index is 12.0. The van der Waals surface area contributed by atoms with Gasteiger partial charge in [-0.15, -0.1) is 0 Å². The molecule has 2 rings (SSSR count). The highest BCUT2D eigenvalue weighted by atomic mass is 16.2. The van der Waals surface area contributed by atoms with Crippen LogP contribution >= 0.6 is 0 Å². The second kappa shape index (κ2) is 6.38. The SMILES string of the molecule is CNc1cc(CN2CCCCCCC2=O)ccn1. The van der Waals surface area contributed by atoms with Crippen molar-refractivity contribution in [3.05, 3.63) is 23.9 Å². The molecule has 0 spiro atoms. The van der Waals surface area contributed by atoms with Crippen molar-refractivity contribution in [1.29, 1.82) is 0 Å². The molecule has 0 aromatic carbocycles. The molecule has 0 radical (unpaired) electrons. The van der Waals surface area contributed by atoms with Gasteiger partial charge in [0.15, 0.2) is 0 Å². The number of rotatable bonds is 3. The molecule has 1 aliphatic heterocycles. The summed E-state index contributed by atoms with van der Waals surface area (Å²) in [5, 5.41) is 3.02. The number of anilines is 1. The third kappa shape index (κ3) is 3.45. The quantitative estimate of drug-likeness (QED) is 0.892. The molecule has 0 aliphatic carbocycles. The van der Waals surface area contributed by atoms with E-state index in [1.165, 1.54) is 12.8 Å². The summed E-state index contributed by atoms with van der Waals surface area (Å²) in [7, 11) is 1.85. The average molecular weight is 247 g/mol. The lowest BCUT2D eigenvalue weighted by molar-refractivity contribution is -0.132. The second-order valence-corrected chi connectivity index (χ2v) is 4.78. The minimum atomic E-state index is 0.289. The van der Waals surface area contributed by atoms with Crippen molar-refractivity contribution in [3.63, 3.8) is 0 Å². The van der Waals surface area contributed by atoms with Gasteiger partial charge in [0.2, 0.25) is 5.91 Å². The molecule has 4 nitrogen and oxygen atoms in total. The van der Waals surface area contributed by atoms with Gasteiger partial charge in [0.05, 0.1) is 0 Å². The van der Waals surface area contributed by atoms with E-state index in [4.69, 9.17) is 0 Å². The van der Waals surface area contributed by atoms with Crippen molar-refractivity contribution < 1.29 is 4.79 Å². The molecule has 1 N–H and O–H groups in total. The highest BCUT2D eigenvalue weighted by molar-refractivity contribution is 5.76. The molecule has 0 atom stereocenters. The minimum absolute atomic E-state index is 0.289.